The number of anilines is 1. The minimum atomic E-state index is 0.756. The number of aryl methyl sites for hydroxylation is 2. The molecule has 5 rings (SSSR count). The Kier molecular flexibility index (Phi) is 3.91. The molecule has 0 aliphatic carbocycles. The number of nitrogens with one attached hydrogen (secondary N) is 1. The molecule has 2 aromatic carbocycles. The van der Waals surface area contributed by atoms with Gasteiger partial charge in [-0.3, -0.25) is 4.68 Å². The van der Waals surface area contributed by atoms with Gasteiger partial charge in [0.15, 0.2) is 0 Å². The zero-order chi connectivity index (χ0) is 20.0. The van der Waals surface area contributed by atoms with E-state index < -0.39 is 0 Å². The quantitative estimate of drug-likeness (QED) is 0.495. The van der Waals surface area contributed by atoms with Crippen molar-refractivity contribution in [1.29, 1.82) is 0 Å². The van der Waals surface area contributed by atoms with Crippen molar-refractivity contribution in [3.8, 4) is 11.1 Å². The van der Waals surface area contributed by atoms with Crippen molar-refractivity contribution in [1.82, 2.24) is 24.3 Å². The molecule has 0 saturated heterocycles. The molecule has 0 unspecified atom stereocenters. The van der Waals surface area contributed by atoms with Crippen LogP contribution in [0.5, 0.6) is 0 Å². The van der Waals surface area contributed by atoms with E-state index in [4.69, 9.17) is 0 Å². The highest BCUT2D eigenvalue weighted by Gasteiger charge is 2.07. The lowest BCUT2D eigenvalue weighted by Crippen LogP contribution is -1.99. The predicted molar refractivity (Wildman–Crippen MR) is 117 cm³/mol. The number of aromatic nitrogens is 5. The van der Waals surface area contributed by atoms with Gasteiger partial charge in [0.1, 0.15) is 5.82 Å². The van der Waals surface area contributed by atoms with Gasteiger partial charge in [-0.25, -0.2) is 9.97 Å². The fraction of sp³-hybridized carbons (Fsp3) is 0.0870. The van der Waals surface area contributed by atoms with Crippen LogP contribution in [0.1, 0.15) is 5.56 Å². The van der Waals surface area contributed by atoms with Crippen molar-refractivity contribution in [3.63, 3.8) is 0 Å². The highest BCUT2D eigenvalue weighted by Crippen LogP contribution is 2.26. The number of hydrogen-bond donors (Lipinski definition) is 1. The maximum Gasteiger partial charge on any atom is 0.130 e. The molecule has 0 amide bonds. The average Bonchev–Trinajstić information content (AvgIpc) is 3.33. The summed E-state index contributed by atoms with van der Waals surface area (Å²) in [7, 11) is 3.91. The molecule has 0 radical (unpaired) electrons. The number of hydrogen-bond acceptors (Lipinski definition) is 4. The monoisotopic (exact) mass is 380 g/mol. The first-order valence-corrected chi connectivity index (χ1v) is 9.33. The van der Waals surface area contributed by atoms with Crippen LogP contribution in [0.2, 0.25) is 0 Å². The smallest absolute Gasteiger partial charge is 0.130 e. The number of pyridine rings is 1. The summed E-state index contributed by atoms with van der Waals surface area (Å²) < 4.78 is 3.81. The number of fused-ring (bicyclic) bond motifs is 2. The van der Waals surface area contributed by atoms with Crippen LogP contribution in [0.15, 0.2) is 74.0 Å². The largest absolute Gasteiger partial charge is 0.340 e. The molecule has 5 aromatic rings. The lowest BCUT2D eigenvalue weighted by atomic mass is 10.0. The molecule has 0 fully saturated rings. The molecule has 1 N–H and O–H groups in total. The zero-order valence-electron chi connectivity index (χ0n) is 16.3. The van der Waals surface area contributed by atoms with Gasteiger partial charge >= 0.3 is 0 Å². The third kappa shape index (κ3) is 3.14. The van der Waals surface area contributed by atoms with E-state index in [1.165, 1.54) is 0 Å². The Labute approximate surface area is 168 Å². The normalized spacial score (nSPS) is 11.2. The fourth-order valence-electron chi connectivity index (χ4n) is 3.51. The van der Waals surface area contributed by atoms with Crippen molar-refractivity contribution in [2.75, 3.05) is 5.32 Å². The average molecular weight is 380 g/mol. The molecule has 0 saturated carbocycles. The molecule has 0 aliphatic rings. The minimum absolute atomic E-state index is 0.756. The summed E-state index contributed by atoms with van der Waals surface area (Å²) in [6.45, 7) is 4.19. The van der Waals surface area contributed by atoms with Crippen LogP contribution >= 0.6 is 0 Å². The molecule has 6 nitrogen and oxygen atoms in total. The predicted octanol–water partition coefficient (Wildman–Crippen LogP) is 4.60. The highest BCUT2D eigenvalue weighted by molar-refractivity contribution is 5.90. The summed E-state index contributed by atoms with van der Waals surface area (Å²) in [5.41, 5.74) is 6.03. The van der Waals surface area contributed by atoms with Crippen LogP contribution in [0.4, 0.5) is 5.82 Å². The van der Waals surface area contributed by atoms with Crippen LogP contribution in [0, 0.1) is 0 Å². The second-order valence-corrected chi connectivity index (χ2v) is 7.20. The van der Waals surface area contributed by atoms with E-state index in [2.05, 4.69) is 51.2 Å². The van der Waals surface area contributed by atoms with E-state index in [-0.39, 0.29) is 0 Å². The minimum Gasteiger partial charge on any atom is -0.340 e. The van der Waals surface area contributed by atoms with Gasteiger partial charge in [0, 0.05) is 43.1 Å². The van der Waals surface area contributed by atoms with Gasteiger partial charge < -0.3 is 9.88 Å². The first-order valence-electron chi connectivity index (χ1n) is 9.33. The Morgan fingerprint density at radius 3 is 2.66 bits per heavy atom. The molecule has 29 heavy (non-hydrogen) atoms. The van der Waals surface area contributed by atoms with E-state index in [1.54, 1.807) is 0 Å². The summed E-state index contributed by atoms with van der Waals surface area (Å²) in [4.78, 5) is 8.96. The highest BCUT2D eigenvalue weighted by atomic mass is 15.2. The van der Waals surface area contributed by atoms with Crippen LogP contribution in [-0.2, 0) is 14.1 Å². The van der Waals surface area contributed by atoms with Crippen LogP contribution in [0.3, 0.4) is 0 Å². The molecule has 0 aliphatic heterocycles. The molecular weight excluding hydrogens is 360 g/mol. The molecule has 0 spiro atoms. The van der Waals surface area contributed by atoms with Crippen molar-refractivity contribution in [2.24, 2.45) is 14.1 Å². The summed E-state index contributed by atoms with van der Waals surface area (Å²) in [6, 6.07) is 14.5. The van der Waals surface area contributed by atoms with Gasteiger partial charge in [-0.05, 0) is 40.8 Å². The van der Waals surface area contributed by atoms with Crippen molar-refractivity contribution in [3.05, 3.63) is 79.5 Å². The van der Waals surface area contributed by atoms with Gasteiger partial charge in [0.25, 0.3) is 0 Å². The summed E-state index contributed by atoms with van der Waals surface area (Å²) in [5.74, 6) is 0.756. The van der Waals surface area contributed by atoms with Crippen molar-refractivity contribution < 1.29 is 0 Å². The van der Waals surface area contributed by atoms with E-state index in [9.17, 15) is 0 Å². The van der Waals surface area contributed by atoms with Gasteiger partial charge in [0.2, 0.25) is 0 Å². The second-order valence-electron chi connectivity index (χ2n) is 7.20. The Morgan fingerprint density at radius 2 is 1.83 bits per heavy atom. The summed E-state index contributed by atoms with van der Waals surface area (Å²) in [5, 5.41) is 9.78. The number of rotatable bonds is 4. The van der Waals surface area contributed by atoms with Crippen molar-refractivity contribution >= 4 is 33.3 Å². The standard InChI is InChI=1S/C23H20N6/c1-15(16-6-7-22-21(9-16)25-14-28(22)2)27-23-10-19-8-17(4-5-18(19)11-24-23)20-12-26-29(3)13-20/h4-14H,1H2,2-3H3,(H,24,27). The van der Waals surface area contributed by atoms with Gasteiger partial charge in [-0.1, -0.05) is 24.8 Å². The number of nitrogens with zero attached hydrogens (tertiary/aromatic N) is 5. The molecule has 3 aromatic heterocycles. The van der Waals surface area contributed by atoms with Crippen LogP contribution in [0.25, 0.3) is 38.6 Å². The van der Waals surface area contributed by atoms with E-state index in [0.29, 0.717) is 0 Å². The fourth-order valence-corrected chi connectivity index (χ4v) is 3.51. The number of benzene rings is 2. The van der Waals surface area contributed by atoms with Crippen molar-refractivity contribution in [2.45, 2.75) is 0 Å². The summed E-state index contributed by atoms with van der Waals surface area (Å²) >= 11 is 0. The lowest BCUT2D eigenvalue weighted by molar-refractivity contribution is 0.768. The van der Waals surface area contributed by atoms with E-state index in [0.717, 1.165) is 50.0 Å². The van der Waals surface area contributed by atoms with Crippen LogP contribution < -0.4 is 5.32 Å². The Balaban J connectivity index is 1.45. The van der Waals surface area contributed by atoms with E-state index in [1.807, 2.05) is 66.5 Å². The molecule has 142 valence electrons. The maximum absolute atomic E-state index is 4.54. The number of imidazole rings is 1. The van der Waals surface area contributed by atoms with Gasteiger partial charge in [0.05, 0.1) is 23.6 Å². The summed E-state index contributed by atoms with van der Waals surface area (Å²) in [6.07, 6.45) is 7.57. The molecule has 3 heterocycles. The van der Waals surface area contributed by atoms with Gasteiger partial charge in [-0.15, -0.1) is 0 Å². The zero-order valence-corrected chi connectivity index (χ0v) is 16.3. The lowest BCUT2D eigenvalue weighted by Gasteiger charge is -2.10. The first kappa shape index (κ1) is 17.2. The Hall–Kier alpha value is -3.93. The SMILES string of the molecule is C=C(Nc1cc2cc(-c3cnn(C)c3)ccc2cn1)c1ccc2c(c1)ncn2C. The Morgan fingerprint density at radius 1 is 0.931 bits per heavy atom. The molecule has 6 heteroatoms. The van der Waals surface area contributed by atoms with Gasteiger partial charge in [-0.2, -0.15) is 5.10 Å². The topological polar surface area (TPSA) is 60.6 Å². The third-order valence-electron chi connectivity index (χ3n) is 5.11. The molecule has 0 bridgehead atoms. The molecule has 0 atom stereocenters. The first-order chi connectivity index (χ1) is 14.1. The van der Waals surface area contributed by atoms with Crippen LogP contribution in [-0.4, -0.2) is 24.3 Å². The Bertz CT molecular complexity index is 1370. The second kappa shape index (κ2) is 6.60. The molecular formula is C23H20N6. The maximum atomic E-state index is 4.54. The van der Waals surface area contributed by atoms with E-state index >= 15 is 0 Å². The third-order valence-corrected chi connectivity index (χ3v) is 5.11.